The van der Waals surface area contributed by atoms with Crippen LogP contribution in [0.5, 0.6) is 0 Å². The fourth-order valence-electron chi connectivity index (χ4n) is 1.93. The van der Waals surface area contributed by atoms with Gasteiger partial charge in [0.15, 0.2) is 0 Å². The summed E-state index contributed by atoms with van der Waals surface area (Å²) in [6, 6.07) is 6.86. The van der Waals surface area contributed by atoms with E-state index in [2.05, 4.69) is 25.1 Å². The summed E-state index contributed by atoms with van der Waals surface area (Å²) in [4.78, 5) is 0. The number of hydrogen-bond acceptors (Lipinski definition) is 1. The molecule has 0 unspecified atom stereocenters. The van der Waals surface area contributed by atoms with Crippen molar-refractivity contribution >= 4 is 0 Å². The van der Waals surface area contributed by atoms with Crippen molar-refractivity contribution in [2.75, 3.05) is 6.54 Å². The Morgan fingerprint density at radius 2 is 2.14 bits per heavy atom. The van der Waals surface area contributed by atoms with E-state index in [1.807, 2.05) is 0 Å². The summed E-state index contributed by atoms with van der Waals surface area (Å²) in [5.74, 6) is 0.975. The van der Waals surface area contributed by atoms with Crippen molar-refractivity contribution in [2.45, 2.75) is 32.6 Å². The van der Waals surface area contributed by atoms with E-state index in [4.69, 9.17) is 5.73 Å². The zero-order valence-electron chi connectivity index (χ0n) is 8.92. The number of hydrogen-bond donors (Lipinski definition) is 1. The minimum absolute atomic E-state index is 0.758. The minimum atomic E-state index is 0.758. The van der Waals surface area contributed by atoms with Crippen LogP contribution in [0, 0.1) is 12.8 Å². The van der Waals surface area contributed by atoms with Crippen molar-refractivity contribution in [1.82, 2.24) is 0 Å². The van der Waals surface area contributed by atoms with E-state index < -0.39 is 0 Å². The second-order valence-electron chi connectivity index (χ2n) is 4.45. The molecule has 14 heavy (non-hydrogen) atoms. The van der Waals surface area contributed by atoms with Crippen LogP contribution in [0.15, 0.2) is 18.2 Å². The Morgan fingerprint density at radius 3 is 2.79 bits per heavy atom. The molecule has 1 aromatic rings. The lowest BCUT2D eigenvalue weighted by molar-refractivity contribution is 0.827. The van der Waals surface area contributed by atoms with Crippen LogP contribution in [0.4, 0.5) is 0 Å². The van der Waals surface area contributed by atoms with E-state index in [9.17, 15) is 0 Å². The lowest BCUT2D eigenvalue weighted by atomic mass is 9.99. The zero-order chi connectivity index (χ0) is 9.97. The van der Waals surface area contributed by atoms with Gasteiger partial charge in [-0.05, 0) is 61.8 Å². The molecule has 2 N–H and O–H groups in total. The molecule has 1 saturated carbocycles. The highest BCUT2D eigenvalue weighted by Crippen LogP contribution is 2.32. The van der Waals surface area contributed by atoms with E-state index in [0.717, 1.165) is 18.9 Å². The molecule has 0 atom stereocenters. The van der Waals surface area contributed by atoms with E-state index >= 15 is 0 Å². The van der Waals surface area contributed by atoms with Gasteiger partial charge in [0.25, 0.3) is 0 Å². The standard InChI is InChI=1S/C13H19N/c1-10-2-3-12(8-11-4-5-11)9-13(10)6-7-14/h2-3,9,11H,4-8,14H2,1H3. The summed E-state index contributed by atoms with van der Waals surface area (Å²) >= 11 is 0. The summed E-state index contributed by atoms with van der Waals surface area (Å²) in [5.41, 5.74) is 9.91. The average Bonchev–Trinajstić information content (AvgIpc) is 2.95. The SMILES string of the molecule is Cc1ccc(CC2CC2)cc1CCN. The predicted octanol–water partition coefficient (Wildman–Crippen LogP) is 2.45. The maximum atomic E-state index is 5.59. The van der Waals surface area contributed by atoms with E-state index in [-0.39, 0.29) is 0 Å². The topological polar surface area (TPSA) is 26.0 Å². The van der Waals surface area contributed by atoms with Gasteiger partial charge in [-0.25, -0.2) is 0 Å². The highest BCUT2D eigenvalue weighted by Gasteiger charge is 2.21. The Bertz CT molecular complexity index is 313. The number of benzene rings is 1. The van der Waals surface area contributed by atoms with Crippen LogP contribution >= 0.6 is 0 Å². The Hall–Kier alpha value is -0.820. The molecule has 0 aromatic heterocycles. The van der Waals surface area contributed by atoms with Crippen LogP contribution in [-0.4, -0.2) is 6.54 Å². The van der Waals surface area contributed by atoms with Crippen molar-refractivity contribution in [1.29, 1.82) is 0 Å². The van der Waals surface area contributed by atoms with Gasteiger partial charge in [-0.2, -0.15) is 0 Å². The highest BCUT2D eigenvalue weighted by atomic mass is 14.5. The monoisotopic (exact) mass is 189 g/mol. The van der Waals surface area contributed by atoms with Gasteiger partial charge in [0.2, 0.25) is 0 Å². The Kier molecular flexibility index (Phi) is 2.87. The molecule has 0 aliphatic heterocycles. The molecule has 0 heterocycles. The molecule has 1 heteroatoms. The Morgan fingerprint density at radius 1 is 1.36 bits per heavy atom. The first-order valence-corrected chi connectivity index (χ1v) is 5.58. The molecule has 0 bridgehead atoms. The van der Waals surface area contributed by atoms with Crippen LogP contribution in [0.3, 0.4) is 0 Å². The third-order valence-corrected chi connectivity index (χ3v) is 3.05. The van der Waals surface area contributed by atoms with Gasteiger partial charge in [-0.3, -0.25) is 0 Å². The summed E-state index contributed by atoms with van der Waals surface area (Å²) in [7, 11) is 0. The first-order chi connectivity index (χ1) is 6.79. The second kappa shape index (κ2) is 4.14. The molecule has 1 aliphatic rings. The van der Waals surface area contributed by atoms with E-state index in [0.29, 0.717) is 0 Å². The van der Waals surface area contributed by atoms with Crippen LogP contribution < -0.4 is 5.73 Å². The molecule has 0 saturated heterocycles. The van der Waals surface area contributed by atoms with Gasteiger partial charge in [0.05, 0.1) is 0 Å². The smallest absolute Gasteiger partial charge is 0.00366 e. The molecule has 0 amide bonds. The molecular weight excluding hydrogens is 170 g/mol. The molecule has 1 fully saturated rings. The second-order valence-corrected chi connectivity index (χ2v) is 4.45. The van der Waals surface area contributed by atoms with Gasteiger partial charge in [0.1, 0.15) is 0 Å². The fraction of sp³-hybridized carbons (Fsp3) is 0.538. The number of rotatable bonds is 4. The maximum absolute atomic E-state index is 5.59. The third-order valence-electron chi connectivity index (χ3n) is 3.05. The normalized spacial score (nSPS) is 15.9. The van der Waals surface area contributed by atoms with Crippen molar-refractivity contribution < 1.29 is 0 Å². The molecular formula is C13H19N. The van der Waals surface area contributed by atoms with Crippen molar-refractivity contribution in [3.63, 3.8) is 0 Å². The average molecular weight is 189 g/mol. The minimum Gasteiger partial charge on any atom is -0.330 e. The lowest BCUT2D eigenvalue weighted by Gasteiger charge is -2.07. The quantitative estimate of drug-likeness (QED) is 0.773. The highest BCUT2D eigenvalue weighted by molar-refractivity contribution is 5.31. The van der Waals surface area contributed by atoms with Crippen LogP contribution in [0.2, 0.25) is 0 Å². The molecule has 1 aromatic carbocycles. The van der Waals surface area contributed by atoms with E-state index in [1.54, 1.807) is 0 Å². The van der Waals surface area contributed by atoms with Gasteiger partial charge in [-0.15, -0.1) is 0 Å². The molecule has 1 nitrogen and oxygen atoms in total. The molecule has 0 radical (unpaired) electrons. The zero-order valence-corrected chi connectivity index (χ0v) is 8.92. The van der Waals surface area contributed by atoms with Gasteiger partial charge >= 0.3 is 0 Å². The fourth-order valence-corrected chi connectivity index (χ4v) is 1.93. The summed E-state index contributed by atoms with van der Waals surface area (Å²) < 4.78 is 0. The summed E-state index contributed by atoms with van der Waals surface area (Å²) in [6.45, 7) is 2.93. The molecule has 76 valence electrons. The van der Waals surface area contributed by atoms with Crippen LogP contribution in [-0.2, 0) is 12.8 Å². The van der Waals surface area contributed by atoms with Gasteiger partial charge < -0.3 is 5.73 Å². The first kappa shape index (κ1) is 9.72. The van der Waals surface area contributed by atoms with Crippen LogP contribution in [0.1, 0.15) is 29.5 Å². The Labute approximate surface area is 86.3 Å². The molecule has 1 aliphatic carbocycles. The van der Waals surface area contributed by atoms with Crippen molar-refractivity contribution in [3.05, 3.63) is 34.9 Å². The molecule has 0 spiro atoms. The largest absolute Gasteiger partial charge is 0.330 e. The lowest BCUT2D eigenvalue weighted by Crippen LogP contribution is -2.04. The van der Waals surface area contributed by atoms with E-state index in [1.165, 1.54) is 36.0 Å². The Balaban J connectivity index is 2.11. The van der Waals surface area contributed by atoms with Crippen molar-refractivity contribution in [2.24, 2.45) is 11.7 Å². The first-order valence-electron chi connectivity index (χ1n) is 5.58. The molecule has 2 rings (SSSR count). The van der Waals surface area contributed by atoms with Crippen LogP contribution in [0.25, 0.3) is 0 Å². The summed E-state index contributed by atoms with van der Waals surface area (Å²) in [6.07, 6.45) is 5.16. The van der Waals surface area contributed by atoms with Gasteiger partial charge in [0, 0.05) is 0 Å². The number of nitrogens with two attached hydrogens (primary N) is 1. The summed E-state index contributed by atoms with van der Waals surface area (Å²) in [5, 5.41) is 0. The van der Waals surface area contributed by atoms with Gasteiger partial charge in [-0.1, -0.05) is 18.2 Å². The van der Waals surface area contributed by atoms with Crippen molar-refractivity contribution in [3.8, 4) is 0 Å². The maximum Gasteiger partial charge on any atom is -0.00366 e. The third kappa shape index (κ3) is 2.36. The predicted molar refractivity (Wildman–Crippen MR) is 60.4 cm³/mol. The number of aryl methyl sites for hydroxylation is 1.